The van der Waals surface area contributed by atoms with Crippen LogP contribution in [-0.4, -0.2) is 21.9 Å². The van der Waals surface area contributed by atoms with Crippen LogP contribution in [0.3, 0.4) is 0 Å². The van der Waals surface area contributed by atoms with Crippen molar-refractivity contribution in [1.29, 1.82) is 0 Å². The molecule has 0 aliphatic carbocycles. The van der Waals surface area contributed by atoms with E-state index in [0.717, 1.165) is 6.92 Å². The van der Waals surface area contributed by atoms with Gasteiger partial charge in [-0.1, -0.05) is 0 Å². The van der Waals surface area contributed by atoms with Crippen LogP contribution < -0.4 is 56.5 Å². The summed E-state index contributed by atoms with van der Waals surface area (Å²) in [5.74, 6) is -1.66. The maximum absolute atomic E-state index is 9.93. The molecule has 0 aromatic heterocycles. The molecule has 0 saturated heterocycles. The summed E-state index contributed by atoms with van der Waals surface area (Å²) in [6, 6.07) is 0. The minimum Gasteiger partial charge on any atom is -0.547 e. The average Bonchev–Trinajstić information content (AvgIpc) is 1.60. The van der Waals surface area contributed by atoms with Crippen molar-refractivity contribution in [3.8, 4) is 0 Å². The molecule has 8 heteroatoms. The molecule has 0 radical (unpaired) electrons. The van der Waals surface area contributed by atoms with E-state index in [1.54, 1.807) is 0 Å². The zero-order valence-electron chi connectivity index (χ0n) is 6.05. The van der Waals surface area contributed by atoms with Gasteiger partial charge in [-0.05, 0) is 6.92 Å². The van der Waals surface area contributed by atoms with Crippen molar-refractivity contribution in [2.24, 2.45) is 0 Å². The van der Waals surface area contributed by atoms with Crippen LogP contribution >= 0.6 is 7.82 Å². The summed E-state index contributed by atoms with van der Waals surface area (Å²) in [5, 5.41) is 9.80. The summed E-state index contributed by atoms with van der Waals surface area (Å²) < 4.78 is 13.6. The average molecular weight is 208 g/mol. The molecule has 0 aromatic carbocycles. The number of carboxylic acids is 1. The number of aliphatic carboxylic acids is 1. The molecule has 0 bridgehead atoms. The Bertz CT molecular complexity index is 175. The van der Waals surface area contributed by atoms with E-state index in [2.05, 4.69) is 4.52 Å². The van der Waals surface area contributed by atoms with Gasteiger partial charge in [-0.2, -0.15) is 0 Å². The minimum atomic E-state index is -4.70. The predicted octanol–water partition coefficient (Wildman–Crippen LogP) is -4.76. The number of carboxylic acid groups (broad SMARTS) is 1. The molecular weight excluding hydrogens is 202 g/mol. The third-order valence-corrected chi connectivity index (χ3v) is 1.22. The van der Waals surface area contributed by atoms with Crippen molar-refractivity contribution in [2.75, 3.05) is 0 Å². The molecule has 0 spiro atoms. The van der Waals surface area contributed by atoms with Gasteiger partial charge in [0.15, 0.2) is 0 Å². The second-order valence-corrected chi connectivity index (χ2v) is 2.75. The van der Waals surface area contributed by atoms with E-state index >= 15 is 0 Å². The second-order valence-electron chi connectivity index (χ2n) is 1.56. The Morgan fingerprint density at radius 1 is 1.64 bits per heavy atom. The van der Waals surface area contributed by atoms with Crippen molar-refractivity contribution in [3.05, 3.63) is 0 Å². The van der Waals surface area contributed by atoms with Crippen molar-refractivity contribution in [1.82, 2.24) is 0 Å². The largest absolute Gasteiger partial charge is 1.00 e. The molecule has 0 saturated carbocycles. The SMILES string of the molecule is C[C@@H](OP(=O)(O)O)C(=O)[O-].[K+]. The van der Waals surface area contributed by atoms with E-state index in [1.807, 2.05) is 0 Å². The first kappa shape index (κ1) is 14.7. The zero-order chi connectivity index (χ0) is 8.36. The standard InChI is InChI=1S/C3H7O6P.K/c1-2(3(4)5)9-10(6,7)8;/h2H,1H3,(H,4,5)(H2,6,7,8);/q;+1/p-1/t2-;/m1./s1. The molecule has 2 N–H and O–H groups in total. The molecule has 0 rings (SSSR count). The van der Waals surface area contributed by atoms with E-state index in [0.29, 0.717) is 0 Å². The van der Waals surface area contributed by atoms with Crippen LogP contribution in [0.1, 0.15) is 6.92 Å². The van der Waals surface area contributed by atoms with Crippen LogP contribution in [0.25, 0.3) is 0 Å². The molecule has 1 atom stereocenters. The van der Waals surface area contributed by atoms with Gasteiger partial charge >= 0.3 is 59.2 Å². The van der Waals surface area contributed by atoms with Gasteiger partial charge in [0.2, 0.25) is 0 Å². The molecule has 0 fully saturated rings. The predicted molar refractivity (Wildman–Crippen MR) is 27.6 cm³/mol. The Labute approximate surface area is 106 Å². The minimum absolute atomic E-state index is 0. The van der Waals surface area contributed by atoms with Crippen molar-refractivity contribution >= 4 is 13.8 Å². The Morgan fingerprint density at radius 2 is 2.00 bits per heavy atom. The fourth-order valence-corrected chi connectivity index (χ4v) is 0.747. The van der Waals surface area contributed by atoms with Crippen LogP contribution in [-0.2, 0) is 13.9 Å². The quantitative estimate of drug-likeness (QED) is 0.356. The second kappa shape index (κ2) is 5.79. The molecule has 0 aliphatic heterocycles. The summed E-state index contributed by atoms with van der Waals surface area (Å²) in [7, 11) is -4.70. The van der Waals surface area contributed by atoms with Gasteiger partial charge < -0.3 is 19.7 Å². The number of hydrogen-bond donors (Lipinski definition) is 2. The number of hydrogen-bond acceptors (Lipinski definition) is 4. The monoisotopic (exact) mass is 208 g/mol. The fraction of sp³-hybridized carbons (Fsp3) is 0.667. The van der Waals surface area contributed by atoms with Gasteiger partial charge in [0.25, 0.3) is 0 Å². The van der Waals surface area contributed by atoms with Gasteiger partial charge in [0.05, 0.1) is 5.97 Å². The third kappa shape index (κ3) is 9.13. The molecule has 0 aromatic rings. The zero-order valence-corrected chi connectivity index (χ0v) is 10.1. The summed E-state index contributed by atoms with van der Waals surface area (Å²) in [5.41, 5.74) is 0. The maximum Gasteiger partial charge on any atom is 1.00 e. The Kier molecular flexibility index (Phi) is 7.75. The van der Waals surface area contributed by atoms with Crippen molar-refractivity contribution in [3.63, 3.8) is 0 Å². The fourth-order valence-electron chi connectivity index (χ4n) is 0.249. The van der Waals surface area contributed by atoms with Gasteiger partial charge in [0.1, 0.15) is 6.10 Å². The van der Waals surface area contributed by atoms with E-state index < -0.39 is 19.9 Å². The number of phosphoric ester groups is 1. The summed E-state index contributed by atoms with van der Waals surface area (Å²) >= 11 is 0. The smallest absolute Gasteiger partial charge is 0.547 e. The Hall–Kier alpha value is 1.22. The van der Waals surface area contributed by atoms with E-state index in [-0.39, 0.29) is 51.4 Å². The van der Waals surface area contributed by atoms with Crippen LogP contribution in [0.5, 0.6) is 0 Å². The van der Waals surface area contributed by atoms with Crippen LogP contribution in [0.4, 0.5) is 0 Å². The first-order valence-corrected chi connectivity index (χ1v) is 3.81. The van der Waals surface area contributed by atoms with Crippen molar-refractivity contribution in [2.45, 2.75) is 13.0 Å². The molecule has 0 heterocycles. The molecule has 0 amide bonds. The first-order chi connectivity index (χ1) is 4.33. The van der Waals surface area contributed by atoms with Crippen molar-refractivity contribution < 1.29 is 80.2 Å². The van der Waals surface area contributed by atoms with Gasteiger partial charge in [-0.25, -0.2) is 4.57 Å². The first-order valence-electron chi connectivity index (χ1n) is 2.28. The number of phosphoric acid groups is 1. The van der Waals surface area contributed by atoms with E-state index in [9.17, 15) is 14.5 Å². The molecule has 0 aliphatic rings. The molecule has 0 unspecified atom stereocenters. The molecule has 60 valence electrons. The normalized spacial score (nSPS) is 13.4. The third-order valence-electron chi connectivity index (χ3n) is 0.627. The molecule has 11 heavy (non-hydrogen) atoms. The topological polar surface area (TPSA) is 107 Å². The number of carbonyl (C=O) groups excluding carboxylic acids is 1. The molecule has 6 nitrogen and oxygen atoms in total. The van der Waals surface area contributed by atoms with Crippen LogP contribution in [0.15, 0.2) is 0 Å². The van der Waals surface area contributed by atoms with Crippen LogP contribution in [0, 0.1) is 0 Å². The number of carbonyl (C=O) groups is 1. The maximum atomic E-state index is 9.93. The summed E-state index contributed by atoms with van der Waals surface area (Å²) in [4.78, 5) is 25.9. The van der Waals surface area contributed by atoms with Gasteiger partial charge in [0, 0.05) is 0 Å². The van der Waals surface area contributed by atoms with E-state index in [1.165, 1.54) is 0 Å². The summed E-state index contributed by atoms with van der Waals surface area (Å²) in [6.45, 7) is 0.967. The van der Waals surface area contributed by atoms with Gasteiger partial charge in [-0.15, -0.1) is 0 Å². The van der Waals surface area contributed by atoms with Gasteiger partial charge in [-0.3, -0.25) is 4.52 Å². The Balaban J connectivity index is 0. The van der Waals surface area contributed by atoms with Crippen LogP contribution in [0.2, 0.25) is 0 Å². The van der Waals surface area contributed by atoms with E-state index in [4.69, 9.17) is 9.79 Å². The number of rotatable bonds is 3. The molecular formula is C3H6KO6P. The Morgan fingerprint density at radius 3 is 2.09 bits per heavy atom. The summed E-state index contributed by atoms with van der Waals surface area (Å²) in [6.07, 6.45) is -1.60.